The predicted octanol–water partition coefficient (Wildman–Crippen LogP) is 4.02. The van der Waals surface area contributed by atoms with Crippen LogP contribution in [0.4, 0.5) is 11.4 Å². The number of piperidine rings is 1. The molecule has 1 saturated heterocycles. The first kappa shape index (κ1) is 19.3. The summed E-state index contributed by atoms with van der Waals surface area (Å²) in [5, 5.41) is 15.5. The van der Waals surface area contributed by atoms with Crippen LogP contribution in [0, 0.1) is 17.2 Å². The Kier molecular flexibility index (Phi) is 5.68. The van der Waals surface area contributed by atoms with Gasteiger partial charge in [0.05, 0.1) is 17.6 Å². The topological polar surface area (TPSA) is 81.3 Å². The SMILES string of the molecule is CC1CCN(c2cc(C3=CCNCC3)ccc2NC(=O)c2occc2C#N)CC1. The fraction of sp³-hybridized carbons (Fsp3) is 0.391. The Bertz CT molecular complexity index is 961. The van der Waals surface area contributed by atoms with Crippen molar-refractivity contribution in [3.8, 4) is 6.07 Å². The lowest BCUT2D eigenvalue weighted by molar-refractivity contribution is 0.0996. The van der Waals surface area contributed by atoms with Crippen LogP contribution < -0.4 is 15.5 Å². The molecular weight excluding hydrogens is 364 g/mol. The zero-order chi connectivity index (χ0) is 20.2. The first-order chi connectivity index (χ1) is 14.2. The van der Waals surface area contributed by atoms with Crippen LogP contribution in [0.1, 0.15) is 47.9 Å². The number of nitrogens with zero attached hydrogens (tertiary/aromatic N) is 2. The Balaban J connectivity index is 1.65. The third-order valence-electron chi connectivity index (χ3n) is 5.80. The second-order valence-electron chi connectivity index (χ2n) is 7.81. The lowest BCUT2D eigenvalue weighted by atomic mass is 9.96. The molecule has 0 bridgehead atoms. The van der Waals surface area contributed by atoms with Crippen LogP contribution in [0.25, 0.3) is 5.57 Å². The summed E-state index contributed by atoms with van der Waals surface area (Å²) >= 11 is 0. The minimum Gasteiger partial charge on any atom is -0.458 e. The monoisotopic (exact) mass is 390 g/mol. The molecule has 3 heterocycles. The quantitative estimate of drug-likeness (QED) is 0.824. The normalized spacial score (nSPS) is 17.5. The average Bonchev–Trinajstić information content (AvgIpc) is 3.24. The zero-order valence-corrected chi connectivity index (χ0v) is 16.7. The number of carbonyl (C=O) groups excluding carboxylic acids is 1. The number of rotatable bonds is 4. The summed E-state index contributed by atoms with van der Waals surface area (Å²) in [5.41, 5.74) is 4.57. The Labute approximate surface area is 171 Å². The number of anilines is 2. The number of hydrogen-bond acceptors (Lipinski definition) is 5. The van der Waals surface area contributed by atoms with Gasteiger partial charge in [0.25, 0.3) is 5.91 Å². The van der Waals surface area contributed by atoms with Crippen molar-refractivity contribution in [2.45, 2.75) is 26.2 Å². The molecule has 29 heavy (non-hydrogen) atoms. The van der Waals surface area contributed by atoms with E-state index in [0.717, 1.165) is 62.7 Å². The molecule has 0 saturated carbocycles. The van der Waals surface area contributed by atoms with E-state index in [-0.39, 0.29) is 11.3 Å². The van der Waals surface area contributed by atoms with E-state index in [9.17, 15) is 10.1 Å². The van der Waals surface area contributed by atoms with Crippen molar-refractivity contribution in [1.29, 1.82) is 5.26 Å². The van der Waals surface area contributed by atoms with E-state index in [1.165, 1.54) is 23.5 Å². The molecule has 0 atom stereocenters. The second-order valence-corrected chi connectivity index (χ2v) is 7.81. The molecule has 2 aromatic rings. The van der Waals surface area contributed by atoms with Gasteiger partial charge >= 0.3 is 0 Å². The van der Waals surface area contributed by atoms with Crippen molar-refractivity contribution in [2.75, 3.05) is 36.4 Å². The number of hydrogen-bond donors (Lipinski definition) is 2. The first-order valence-corrected chi connectivity index (χ1v) is 10.2. The number of nitriles is 1. The van der Waals surface area contributed by atoms with Gasteiger partial charge in [0.15, 0.2) is 0 Å². The smallest absolute Gasteiger partial charge is 0.292 e. The molecule has 150 valence electrons. The van der Waals surface area contributed by atoms with Gasteiger partial charge in [-0.2, -0.15) is 5.26 Å². The third-order valence-corrected chi connectivity index (χ3v) is 5.80. The molecule has 1 aromatic carbocycles. The van der Waals surface area contributed by atoms with Crippen molar-refractivity contribution in [2.24, 2.45) is 5.92 Å². The second kappa shape index (κ2) is 8.54. The van der Waals surface area contributed by atoms with Gasteiger partial charge in [-0.3, -0.25) is 4.79 Å². The van der Waals surface area contributed by atoms with Gasteiger partial charge in [0, 0.05) is 19.6 Å². The first-order valence-electron chi connectivity index (χ1n) is 10.2. The molecule has 1 amide bonds. The molecule has 0 spiro atoms. The molecule has 1 fully saturated rings. The van der Waals surface area contributed by atoms with Crippen molar-refractivity contribution >= 4 is 22.9 Å². The van der Waals surface area contributed by atoms with Gasteiger partial charge in [0.2, 0.25) is 5.76 Å². The summed E-state index contributed by atoms with van der Waals surface area (Å²) in [4.78, 5) is 15.1. The Morgan fingerprint density at radius 3 is 2.86 bits per heavy atom. The molecule has 1 aromatic heterocycles. The summed E-state index contributed by atoms with van der Waals surface area (Å²) < 4.78 is 5.24. The summed E-state index contributed by atoms with van der Waals surface area (Å²) in [6, 6.07) is 9.73. The minimum absolute atomic E-state index is 0.0517. The molecule has 4 rings (SSSR count). The van der Waals surface area contributed by atoms with E-state index >= 15 is 0 Å². The fourth-order valence-electron chi connectivity index (χ4n) is 3.99. The highest BCUT2D eigenvalue weighted by Gasteiger charge is 2.22. The van der Waals surface area contributed by atoms with E-state index in [0.29, 0.717) is 0 Å². The number of nitrogens with one attached hydrogen (secondary N) is 2. The van der Waals surface area contributed by atoms with Gasteiger partial charge in [0.1, 0.15) is 11.6 Å². The molecule has 6 nitrogen and oxygen atoms in total. The van der Waals surface area contributed by atoms with Crippen molar-refractivity contribution in [3.63, 3.8) is 0 Å². The highest BCUT2D eigenvalue weighted by atomic mass is 16.3. The van der Waals surface area contributed by atoms with Crippen LogP contribution in [0.5, 0.6) is 0 Å². The minimum atomic E-state index is -0.396. The van der Waals surface area contributed by atoms with Crippen LogP contribution in [-0.2, 0) is 0 Å². The summed E-state index contributed by atoms with van der Waals surface area (Å²) in [7, 11) is 0. The van der Waals surface area contributed by atoms with Crippen molar-refractivity contribution in [3.05, 3.63) is 53.5 Å². The maximum atomic E-state index is 12.7. The zero-order valence-electron chi connectivity index (χ0n) is 16.7. The van der Waals surface area contributed by atoms with E-state index in [4.69, 9.17) is 4.42 Å². The lowest BCUT2D eigenvalue weighted by Gasteiger charge is -2.34. The largest absolute Gasteiger partial charge is 0.458 e. The number of furan rings is 1. The van der Waals surface area contributed by atoms with Crippen LogP contribution in [0.2, 0.25) is 0 Å². The van der Waals surface area contributed by atoms with Gasteiger partial charge in [-0.15, -0.1) is 0 Å². The standard InChI is InChI=1S/C23H26N4O2/c1-16-6-11-27(12-7-16)21-14-18(17-4-9-25-10-5-17)2-3-20(21)26-23(28)22-19(15-24)8-13-29-22/h2-4,8,13-14,16,25H,5-7,9-12H2,1H3,(H,26,28). The summed E-state index contributed by atoms with van der Waals surface area (Å²) in [6.07, 6.45) is 6.89. The van der Waals surface area contributed by atoms with E-state index in [2.05, 4.69) is 40.7 Å². The van der Waals surface area contributed by atoms with E-state index < -0.39 is 5.91 Å². The van der Waals surface area contributed by atoms with Gasteiger partial charge in [-0.05, 0) is 61.1 Å². The lowest BCUT2D eigenvalue weighted by Crippen LogP contribution is -2.33. The number of amides is 1. The fourth-order valence-corrected chi connectivity index (χ4v) is 3.99. The molecule has 0 aliphatic carbocycles. The van der Waals surface area contributed by atoms with Gasteiger partial charge < -0.3 is 20.0 Å². The van der Waals surface area contributed by atoms with Gasteiger partial charge in [-0.25, -0.2) is 0 Å². The van der Waals surface area contributed by atoms with Crippen molar-refractivity contribution < 1.29 is 9.21 Å². The van der Waals surface area contributed by atoms with Crippen molar-refractivity contribution in [1.82, 2.24) is 5.32 Å². The highest BCUT2D eigenvalue weighted by molar-refractivity contribution is 6.05. The average molecular weight is 390 g/mol. The molecule has 2 aliphatic heterocycles. The maximum absolute atomic E-state index is 12.7. The Morgan fingerprint density at radius 2 is 2.14 bits per heavy atom. The molecule has 2 aliphatic rings. The molecule has 0 unspecified atom stereocenters. The van der Waals surface area contributed by atoms with Crippen LogP contribution in [-0.4, -0.2) is 32.1 Å². The molecular formula is C23H26N4O2. The van der Waals surface area contributed by atoms with Crippen LogP contribution in [0.15, 0.2) is 41.0 Å². The summed E-state index contributed by atoms with van der Waals surface area (Å²) in [5.74, 6) is 0.378. The van der Waals surface area contributed by atoms with E-state index in [1.807, 2.05) is 12.1 Å². The summed E-state index contributed by atoms with van der Waals surface area (Å²) in [6.45, 7) is 6.10. The Morgan fingerprint density at radius 1 is 1.31 bits per heavy atom. The third kappa shape index (κ3) is 4.20. The van der Waals surface area contributed by atoms with Crippen LogP contribution in [0.3, 0.4) is 0 Å². The number of benzene rings is 1. The van der Waals surface area contributed by atoms with E-state index in [1.54, 1.807) is 0 Å². The Hall–Kier alpha value is -3.04. The van der Waals surface area contributed by atoms with Crippen LogP contribution >= 0.6 is 0 Å². The van der Waals surface area contributed by atoms with Gasteiger partial charge in [-0.1, -0.05) is 19.1 Å². The number of carbonyl (C=O) groups is 1. The highest BCUT2D eigenvalue weighted by Crippen LogP contribution is 2.34. The maximum Gasteiger partial charge on any atom is 0.292 e. The molecule has 2 N–H and O–H groups in total. The molecule has 6 heteroatoms. The molecule has 0 radical (unpaired) electrons. The predicted molar refractivity (Wildman–Crippen MR) is 114 cm³/mol.